The summed E-state index contributed by atoms with van der Waals surface area (Å²) in [5.74, 6) is 2.19. The first-order valence-corrected chi connectivity index (χ1v) is 11.2. The minimum absolute atomic E-state index is 0.276. The highest BCUT2D eigenvalue weighted by atomic mass is 16.3. The summed E-state index contributed by atoms with van der Waals surface area (Å²) in [4.78, 5) is 18.5. The lowest BCUT2D eigenvalue weighted by molar-refractivity contribution is 0.358. The summed E-state index contributed by atoms with van der Waals surface area (Å²) in [5.41, 5.74) is 2.77. The number of hydrogen-bond donors (Lipinski definition) is 3. The summed E-state index contributed by atoms with van der Waals surface area (Å²) in [6.07, 6.45) is 10.5. The third kappa shape index (κ3) is 4.49. The van der Waals surface area contributed by atoms with Gasteiger partial charge in [0.15, 0.2) is 17.0 Å². The summed E-state index contributed by atoms with van der Waals surface area (Å²) in [5, 5.41) is 16.2. The van der Waals surface area contributed by atoms with Crippen molar-refractivity contribution in [3.05, 3.63) is 60.6 Å². The van der Waals surface area contributed by atoms with E-state index in [0.29, 0.717) is 30.2 Å². The van der Waals surface area contributed by atoms with Crippen molar-refractivity contribution in [1.82, 2.24) is 24.5 Å². The van der Waals surface area contributed by atoms with Gasteiger partial charge in [-0.05, 0) is 49.1 Å². The third-order valence-corrected chi connectivity index (χ3v) is 5.94. The van der Waals surface area contributed by atoms with Gasteiger partial charge in [-0.15, -0.1) is 0 Å². The van der Waals surface area contributed by atoms with E-state index in [2.05, 4.69) is 25.2 Å². The van der Waals surface area contributed by atoms with Gasteiger partial charge in [0.2, 0.25) is 5.95 Å². The quantitative estimate of drug-likeness (QED) is 0.387. The Morgan fingerprint density at radius 3 is 2.59 bits per heavy atom. The van der Waals surface area contributed by atoms with Crippen molar-refractivity contribution in [2.75, 3.05) is 17.2 Å². The molecule has 3 heterocycles. The standard InChI is InChI=1S/C24H27N7O/c32-19-11-9-17(10-12-19)13-15-26-22-21-23(31(16-27-21)18-6-2-1-3-7-18)30-24(29-22)28-20-8-4-5-14-25-20/h4-5,8-12,14,16,18,32H,1-3,6-7,13,15H2,(H2,25,26,28,29,30). The van der Waals surface area contributed by atoms with Crippen LogP contribution in [0.4, 0.5) is 17.6 Å². The van der Waals surface area contributed by atoms with Gasteiger partial charge >= 0.3 is 0 Å². The number of nitrogens with one attached hydrogen (secondary N) is 2. The van der Waals surface area contributed by atoms with Gasteiger partial charge in [0.05, 0.1) is 6.33 Å². The molecule has 0 amide bonds. The maximum absolute atomic E-state index is 9.48. The van der Waals surface area contributed by atoms with E-state index in [-0.39, 0.29) is 5.75 Å². The fourth-order valence-electron chi connectivity index (χ4n) is 4.26. The van der Waals surface area contributed by atoms with E-state index in [1.165, 1.54) is 19.3 Å². The lowest BCUT2D eigenvalue weighted by Gasteiger charge is -2.23. The molecule has 0 spiro atoms. The zero-order valence-electron chi connectivity index (χ0n) is 17.9. The highest BCUT2D eigenvalue weighted by Crippen LogP contribution is 2.32. The molecule has 1 aliphatic rings. The molecule has 0 aliphatic heterocycles. The van der Waals surface area contributed by atoms with Crippen molar-refractivity contribution in [2.45, 2.75) is 44.6 Å². The second kappa shape index (κ2) is 9.21. The molecule has 0 atom stereocenters. The van der Waals surface area contributed by atoms with E-state index in [4.69, 9.17) is 9.97 Å². The molecule has 5 rings (SSSR count). The topological polar surface area (TPSA) is 101 Å². The van der Waals surface area contributed by atoms with Gasteiger partial charge < -0.3 is 20.3 Å². The van der Waals surface area contributed by atoms with Crippen LogP contribution in [-0.2, 0) is 6.42 Å². The van der Waals surface area contributed by atoms with Crippen molar-refractivity contribution in [1.29, 1.82) is 0 Å². The molecule has 1 fully saturated rings. The lowest BCUT2D eigenvalue weighted by atomic mass is 9.95. The minimum atomic E-state index is 0.276. The first kappa shape index (κ1) is 20.2. The second-order valence-corrected chi connectivity index (χ2v) is 8.19. The fourth-order valence-corrected chi connectivity index (χ4v) is 4.26. The summed E-state index contributed by atoms with van der Waals surface area (Å²) >= 11 is 0. The molecule has 3 aromatic heterocycles. The monoisotopic (exact) mass is 429 g/mol. The van der Waals surface area contributed by atoms with Crippen LogP contribution >= 0.6 is 0 Å². The number of benzene rings is 1. The average molecular weight is 430 g/mol. The molecular weight excluding hydrogens is 402 g/mol. The van der Waals surface area contributed by atoms with Crippen LogP contribution in [0.2, 0.25) is 0 Å². The largest absolute Gasteiger partial charge is 0.508 e. The Morgan fingerprint density at radius 1 is 0.969 bits per heavy atom. The predicted molar refractivity (Wildman–Crippen MR) is 125 cm³/mol. The van der Waals surface area contributed by atoms with E-state index in [9.17, 15) is 5.11 Å². The molecule has 1 saturated carbocycles. The van der Waals surface area contributed by atoms with Gasteiger partial charge in [-0.2, -0.15) is 9.97 Å². The lowest BCUT2D eigenvalue weighted by Crippen LogP contribution is -2.13. The molecule has 1 aliphatic carbocycles. The maximum Gasteiger partial charge on any atom is 0.232 e. The minimum Gasteiger partial charge on any atom is -0.508 e. The summed E-state index contributed by atoms with van der Waals surface area (Å²) in [6.45, 7) is 0.691. The van der Waals surface area contributed by atoms with Gasteiger partial charge in [-0.1, -0.05) is 37.5 Å². The van der Waals surface area contributed by atoms with Crippen molar-refractivity contribution in [3.63, 3.8) is 0 Å². The number of imidazole rings is 1. The van der Waals surface area contributed by atoms with Gasteiger partial charge in [-0.3, -0.25) is 0 Å². The Labute approximate surface area is 186 Å². The first-order chi connectivity index (χ1) is 15.8. The molecule has 164 valence electrons. The maximum atomic E-state index is 9.48. The summed E-state index contributed by atoms with van der Waals surface area (Å²) < 4.78 is 2.21. The number of phenols is 1. The number of phenolic OH excluding ortho intramolecular Hbond substituents is 1. The smallest absolute Gasteiger partial charge is 0.232 e. The summed E-state index contributed by atoms with van der Waals surface area (Å²) in [6, 6.07) is 13.4. The Kier molecular flexibility index (Phi) is 5.83. The third-order valence-electron chi connectivity index (χ3n) is 5.94. The molecule has 0 unspecified atom stereocenters. The highest BCUT2D eigenvalue weighted by molar-refractivity contribution is 5.84. The Hall–Kier alpha value is -3.68. The molecule has 0 saturated heterocycles. The SMILES string of the molecule is Oc1ccc(CCNc2nc(Nc3ccccn3)nc3c2ncn3C2CCCCC2)cc1. The van der Waals surface area contributed by atoms with E-state index >= 15 is 0 Å². The molecule has 0 bridgehead atoms. The molecular formula is C24H27N7O. The van der Waals surface area contributed by atoms with E-state index in [1.54, 1.807) is 18.3 Å². The second-order valence-electron chi connectivity index (χ2n) is 8.19. The first-order valence-electron chi connectivity index (χ1n) is 11.2. The van der Waals surface area contributed by atoms with Crippen LogP contribution in [0, 0.1) is 0 Å². The van der Waals surface area contributed by atoms with E-state index < -0.39 is 0 Å². The van der Waals surface area contributed by atoms with E-state index in [0.717, 1.165) is 36.0 Å². The van der Waals surface area contributed by atoms with Crippen LogP contribution in [0.25, 0.3) is 11.2 Å². The van der Waals surface area contributed by atoms with Crippen molar-refractivity contribution in [3.8, 4) is 5.75 Å². The van der Waals surface area contributed by atoms with Crippen molar-refractivity contribution < 1.29 is 5.11 Å². The number of aromatic nitrogens is 5. The average Bonchev–Trinajstić information content (AvgIpc) is 3.26. The number of anilines is 3. The normalized spacial score (nSPS) is 14.5. The number of hydrogen-bond acceptors (Lipinski definition) is 7. The number of pyridine rings is 1. The molecule has 4 aromatic rings. The van der Waals surface area contributed by atoms with Crippen LogP contribution in [0.1, 0.15) is 43.7 Å². The van der Waals surface area contributed by atoms with Crippen LogP contribution < -0.4 is 10.6 Å². The van der Waals surface area contributed by atoms with Crippen molar-refractivity contribution in [2.24, 2.45) is 0 Å². The van der Waals surface area contributed by atoms with E-state index in [1.807, 2.05) is 36.7 Å². The van der Waals surface area contributed by atoms with Gasteiger partial charge in [0.1, 0.15) is 11.6 Å². The molecule has 0 radical (unpaired) electrons. The number of nitrogens with zero attached hydrogens (tertiary/aromatic N) is 5. The Morgan fingerprint density at radius 2 is 1.81 bits per heavy atom. The zero-order chi connectivity index (χ0) is 21.8. The van der Waals surface area contributed by atoms with Crippen LogP contribution in [0.3, 0.4) is 0 Å². The Bertz CT molecular complexity index is 1170. The predicted octanol–water partition coefficient (Wildman–Crippen LogP) is 4.83. The molecule has 8 nitrogen and oxygen atoms in total. The summed E-state index contributed by atoms with van der Waals surface area (Å²) in [7, 11) is 0. The molecule has 1 aromatic carbocycles. The molecule has 32 heavy (non-hydrogen) atoms. The number of fused-ring (bicyclic) bond motifs is 1. The molecule has 8 heteroatoms. The van der Waals surface area contributed by atoms with Crippen LogP contribution in [-0.4, -0.2) is 36.2 Å². The number of aromatic hydroxyl groups is 1. The van der Waals surface area contributed by atoms with Crippen LogP contribution in [0.5, 0.6) is 5.75 Å². The highest BCUT2D eigenvalue weighted by Gasteiger charge is 2.21. The number of rotatable bonds is 7. The zero-order valence-corrected chi connectivity index (χ0v) is 17.9. The van der Waals surface area contributed by atoms with Gasteiger partial charge in [0.25, 0.3) is 0 Å². The van der Waals surface area contributed by atoms with Crippen LogP contribution in [0.15, 0.2) is 55.0 Å². The van der Waals surface area contributed by atoms with Gasteiger partial charge in [0, 0.05) is 18.8 Å². The fraction of sp³-hybridized carbons (Fsp3) is 0.333. The van der Waals surface area contributed by atoms with Crippen molar-refractivity contribution >= 4 is 28.7 Å². The van der Waals surface area contributed by atoms with Gasteiger partial charge in [-0.25, -0.2) is 9.97 Å². The Balaban J connectivity index is 1.43. The molecule has 3 N–H and O–H groups in total.